The number of amides is 1. The highest BCUT2D eigenvalue weighted by Crippen LogP contribution is 2.44. The summed E-state index contributed by atoms with van der Waals surface area (Å²) in [5.74, 6) is 0.421. The predicted molar refractivity (Wildman–Crippen MR) is 102 cm³/mol. The van der Waals surface area contributed by atoms with Crippen molar-refractivity contribution >= 4 is 34.4 Å². The summed E-state index contributed by atoms with van der Waals surface area (Å²) < 4.78 is 5.15. The molecule has 0 bridgehead atoms. The third kappa shape index (κ3) is 2.80. The molecular formula is C19H17ClN4O3. The maximum absolute atomic E-state index is 12.4. The molecule has 1 amide bonds. The number of phenols is 1. The molecule has 1 saturated heterocycles. The van der Waals surface area contributed by atoms with Crippen LogP contribution < -0.4 is 10.2 Å². The van der Waals surface area contributed by atoms with Crippen LogP contribution in [0.15, 0.2) is 42.5 Å². The number of rotatable bonds is 4. The molecule has 1 fully saturated rings. The molecule has 138 valence electrons. The lowest BCUT2D eigenvalue weighted by molar-refractivity contribution is -0.143. The molecule has 0 saturated carbocycles. The lowest BCUT2D eigenvalue weighted by atomic mass is 9.94. The van der Waals surface area contributed by atoms with Gasteiger partial charge in [0.15, 0.2) is 17.3 Å². The van der Waals surface area contributed by atoms with E-state index >= 15 is 0 Å². The van der Waals surface area contributed by atoms with Gasteiger partial charge in [0.2, 0.25) is 0 Å². The highest BCUT2D eigenvalue weighted by atomic mass is 35.5. The fourth-order valence-corrected chi connectivity index (χ4v) is 3.48. The summed E-state index contributed by atoms with van der Waals surface area (Å²) in [7, 11) is 1.47. The molecule has 0 aliphatic carbocycles. The van der Waals surface area contributed by atoms with Gasteiger partial charge in [-0.15, -0.1) is 11.6 Å². The number of aromatic nitrogens is 2. The number of alkyl halides is 1. The number of anilines is 1. The van der Waals surface area contributed by atoms with Crippen molar-refractivity contribution in [2.45, 2.75) is 18.3 Å². The number of nitrogens with zero attached hydrogens (tertiary/aromatic N) is 3. The van der Waals surface area contributed by atoms with Crippen molar-refractivity contribution in [3.05, 3.63) is 53.7 Å². The van der Waals surface area contributed by atoms with E-state index in [4.69, 9.17) is 16.3 Å². The van der Waals surface area contributed by atoms with Gasteiger partial charge in [-0.05, 0) is 25.1 Å². The first kappa shape index (κ1) is 17.4. The standard InChI is InChI=1S/C19H17ClN4O3/c1-10-18(22-13-8-4-3-7-12(13)21-10)23-24-16(15(20)19(24)26)11-6-5-9-14(27-2)17(11)25/h3-9,15-16,25H,1-2H3,(H,22,23). The van der Waals surface area contributed by atoms with Crippen LogP contribution in [0, 0.1) is 6.92 Å². The van der Waals surface area contributed by atoms with Crippen LogP contribution in [0.1, 0.15) is 17.3 Å². The number of hydrogen-bond donors (Lipinski definition) is 2. The Balaban J connectivity index is 1.69. The second-order valence-electron chi connectivity index (χ2n) is 6.21. The topological polar surface area (TPSA) is 87.6 Å². The number of halogens is 1. The molecule has 1 aliphatic heterocycles. The van der Waals surface area contributed by atoms with E-state index in [0.29, 0.717) is 28.3 Å². The molecule has 2 unspecified atom stereocenters. The van der Waals surface area contributed by atoms with E-state index in [1.165, 1.54) is 12.1 Å². The van der Waals surface area contributed by atoms with Gasteiger partial charge in [0.25, 0.3) is 5.91 Å². The maximum Gasteiger partial charge on any atom is 0.262 e. The van der Waals surface area contributed by atoms with E-state index in [1.54, 1.807) is 18.2 Å². The van der Waals surface area contributed by atoms with Crippen molar-refractivity contribution in [3.8, 4) is 11.5 Å². The molecule has 8 heteroatoms. The van der Waals surface area contributed by atoms with Crippen LogP contribution in [0.5, 0.6) is 11.5 Å². The summed E-state index contributed by atoms with van der Waals surface area (Å²) >= 11 is 6.24. The number of para-hydroxylation sites is 3. The van der Waals surface area contributed by atoms with E-state index in [1.807, 2.05) is 31.2 Å². The highest BCUT2D eigenvalue weighted by molar-refractivity contribution is 6.33. The second kappa shape index (κ2) is 6.59. The van der Waals surface area contributed by atoms with Crippen molar-refractivity contribution in [3.63, 3.8) is 0 Å². The van der Waals surface area contributed by atoms with Crippen LogP contribution >= 0.6 is 11.6 Å². The number of ether oxygens (including phenoxy) is 1. The number of methoxy groups -OCH3 is 1. The SMILES string of the molecule is COc1cccc(C2C(Cl)C(=O)N2Nc2nc3ccccc3nc2C)c1O. The highest BCUT2D eigenvalue weighted by Gasteiger charge is 2.49. The Hall–Kier alpha value is -3.06. The van der Waals surface area contributed by atoms with Gasteiger partial charge in [0, 0.05) is 5.56 Å². The number of carbonyl (C=O) groups is 1. The van der Waals surface area contributed by atoms with Crippen LogP contribution in [0.3, 0.4) is 0 Å². The molecule has 2 N–H and O–H groups in total. The minimum atomic E-state index is -0.802. The number of hydrogen-bond acceptors (Lipinski definition) is 6. The van der Waals surface area contributed by atoms with E-state index in [9.17, 15) is 9.90 Å². The quantitative estimate of drug-likeness (QED) is 0.530. The van der Waals surface area contributed by atoms with Crippen LogP contribution in [-0.2, 0) is 4.79 Å². The molecule has 1 aromatic heterocycles. The van der Waals surface area contributed by atoms with Crippen molar-refractivity contribution in [1.82, 2.24) is 15.0 Å². The number of phenolic OH excluding ortho intramolecular Hbond substituents is 1. The van der Waals surface area contributed by atoms with Crippen LogP contribution in [-0.4, -0.2) is 38.5 Å². The number of aryl methyl sites for hydroxylation is 1. The van der Waals surface area contributed by atoms with E-state index < -0.39 is 11.4 Å². The molecule has 2 atom stereocenters. The van der Waals surface area contributed by atoms with Gasteiger partial charge in [-0.1, -0.05) is 24.3 Å². The van der Waals surface area contributed by atoms with Crippen molar-refractivity contribution < 1.29 is 14.6 Å². The molecule has 0 spiro atoms. The number of aromatic hydroxyl groups is 1. The minimum Gasteiger partial charge on any atom is -0.504 e. The molecular weight excluding hydrogens is 368 g/mol. The van der Waals surface area contributed by atoms with Gasteiger partial charge in [-0.2, -0.15) is 0 Å². The van der Waals surface area contributed by atoms with Crippen molar-refractivity contribution in [2.75, 3.05) is 12.5 Å². The fraction of sp³-hybridized carbons (Fsp3) is 0.211. The van der Waals surface area contributed by atoms with Crippen molar-refractivity contribution in [2.24, 2.45) is 0 Å². The van der Waals surface area contributed by atoms with Gasteiger partial charge in [0.05, 0.1) is 23.8 Å². The Kier molecular flexibility index (Phi) is 4.24. The Labute approximate surface area is 160 Å². The Bertz CT molecular complexity index is 1040. The summed E-state index contributed by atoms with van der Waals surface area (Å²) in [4.78, 5) is 21.4. The third-order valence-corrected chi connectivity index (χ3v) is 4.99. The first-order valence-electron chi connectivity index (χ1n) is 8.34. The molecule has 1 aliphatic rings. The van der Waals surface area contributed by atoms with Gasteiger partial charge in [-0.25, -0.2) is 15.0 Å². The number of β-lactam (4-membered cyclic amide) rings is 1. The lowest BCUT2D eigenvalue weighted by Crippen LogP contribution is -2.58. The lowest BCUT2D eigenvalue weighted by Gasteiger charge is -2.44. The molecule has 4 rings (SSSR count). The average molecular weight is 385 g/mol. The number of benzene rings is 2. The monoisotopic (exact) mass is 384 g/mol. The Morgan fingerprint density at radius 3 is 2.56 bits per heavy atom. The largest absolute Gasteiger partial charge is 0.504 e. The molecule has 2 heterocycles. The van der Waals surface area contributed by atoms with Crippen LogP contribution in [0.2, 0.25) is 0 Å². The Morgan fingerprint density at radius 2 is 1.85 bits per heavy atom. The van der Waals surface area contributed by atoms with Gasteiger partial charge in [0.1, 0.15) is 11.4 Å². The van der Waals surface area contributed by atoms with E-state index in [-0.39, 0.29) is 11.7 Å². The van der Waals surface area contributed by atoms with Gasteiger partial charge >= 0.3 is 0 Å². The maximum atomic E-state index is 12.4. The zero-order valence-corrected chi connectivity index (χ0v) is 15.4. The molecule has 2 aromatic carbocycles. The summed E-state index contributed by atoms with van der Waals surface area (Å²) in [6.07, 6.45) is 0. The van der Waals surface area contributed by atoms with E-state index in [2.05, 4.69) is 15.4 Å². The number of fused-ring (bicyclic) bond motifs is 1. The Morgan fingerprint density at radius 1 is 1.15 bits per heavy atom. The van der Waals surface area contributed by atoms with Crippen molar-refractivity contribution in [1.29, 1.82) is 0 Å². The number of carbonyl (C=O) groups excluding carboxylic acids is 1. The number of nitrogens with one attached hydrogen (secondary N) is 1. The fourth-order valence-electron chi connectivity index (χ4n) is 3.13. The summed E-state index contributed by atoms with van der Waals surface area (Å²) in [5, 5.41) is 11.0. The molecule has 7 nitrogen and oxygen atoms in total. The zero-order chi connectivity index (χ0) is 19.1. The van der Waals surface area contributed by atoms with E-state index in [0.717, 1.165) is 5.52 Å². The first-order valence-corrected chi connectivity index (χ1v) is 8.78. The van der Waals surface area contributed by atoms with Gasteiger partial charge < -0.3 is 9.84 Å². The predicted octanol–water partition coefficient (Wildman–Crippen LogP) is 3.17. The minimum absolute atomic E-state index is 0.0451. The zero-order valence-electron chi connectivity index (χ0n) is 14.7. The summed E-state index contributed by atoms with van der Waals surface area (Å²) in [6, 6.07) is 12.0. The average Bonchev–Trinajstić information content (AvgIpc) is 2.68. The first-order chi connectivity index (χ1) is 13.0. The van der Waals surface area contributed by atoms with Gasteiger partial charge in [-0.3, -0.25) is 10.2 Å². The molecule has 27 heavy (non-hydrogen) atoms. The number of hydrazine groups is 1. The second-order valence-corrected chi connectivity index (χ2v) is 6.68. The third-order valence-electron chi connectivity index (χ3n) is 4.57. The smallest absolute Gasteiger partial charge is 0.262 e. The summed E-state index contributed by atoms with van der Waals surface area (Å²) in [5.41, 5.74) is 5.63. The molecule has 3 aromatic rings. The van der Waals surface area contributed by atoms with Crippen LogP contribution in [0.4, 0.5) is 5.82 Å². The molecule has 0 radical (unpaired) electrons. The normalized spacial score (nSPS) is 19.1. The van der Waals surface area contributed by atoms with Crippen LogP contribution in [0.25, 0.3) is 11.0 Å². The summed E-state index contributed by atoms with van der Waals surface area (Å²) in [6.45, 7) is 1.81.